The van der Waals surface area contributed by atoms with Crippen LogP contribution in [-0.2, 0) is 10.4 Å². The van der Waals surface area contributed by atoms with E-state index in [0.717, 1.165) is 0 Å². The molecule has 0 bridgehead atoms. The molecule has 2 unspecified atom stereocenters. The van der Waals surface area contributed by atoms with Gasteiger partial charge in [-0.05, 0) is 18.6 Å². The lowest BCUT2D eigenvalue weighted by Gasteiger charge is -2.31. The van der Waals surface area contributed by atoms with E-state index in [1.54, 1.807) is 6.07 Å². The molecule has 6 heteroatoms. The molecule has 0 saturated carbocycles. The zero-order valence-corrected chi connectivity index (χ0v) is 10.5. The fourth-order valence-electron chi connectivity index (χ4n) is 1.62. The van der Waals surface area contributed by atoms with E-state index in [1.165, 1.54) is 19.1 Å². The molecule has 4 nitrogen and oxygen atoms in total. The van der Waals surface area contributed by atoms with Gasteiger partial charge in [0.2, 0.25) is 0 Å². The molecule has 0 amide bonds. The number of carbonyl (C=O) groups is 1. The summed E-state index contributed by atoms with van der Waals surface area (Å²) in [6.45, 7) is 1.53. The molecule has 0 saturated heterocycles. The van der Waals surface area contributed by atoms with Gasteiger partial charge in [-0.2, -0.15) is 0 Å². The van der Waals surface area contributed by atoms with Crippen LogP contribution in [0, 0.1) is 0 Å². The maximum atomic E-state index is 10.8. The summed E-state index contributed by atoms with van der Waals surface area (Å²) in [5.74, 6) is -1.54. The molecule has 0 aliphatic carbocycles. The molecule has 3 N–H and O–H groups in total. The molecule has 1 aromatic rings. The number of rotatable bonds is 4. The van der Waals surface area contributed by atoms with Crippen LogP contribution in [0.25, 0.3) is 0 Å². The fraction of sp³-hybridized carbons (Fsp3) is 0.364. The molecule has 94 valence electrons. The lowest BCUT2D eigenvalue weighted by atomic mass is 9.85. The average Bonchev–Trinajstić information content (AvgIpc) is 2.27. The molecule has 0 radical (unpaired) electrons. The summed E-state index contributed by atoms with van der Waals surface area (Å²) in [6, 6.07) is 4.51. The summed E-state index contributed by atoms with van der Waals surface area (Å²) in [6.07, 6.45) is -2.03. The third-order valence-electron chi connectivity index (χ3n) is 2.62. The zero-order chi connectivity index (χ0) is 13.2. The number of hydrogen-bond donors (Lipinski definition) is 3. The normalized spacial score (nSPS) is 16.3. The van der Waals surface area contributed by atoms with E-state index in [1.807, 2.05) is 0 Å². The molecule has 0 aliphatic heterocycles. The van der Waals surface area contributed by atoms with Crippen molar-refractivity contribution >= 4 is 29.2 Å². The number of aliphatic hydroxyl groups excluding tert-OH is 1. The van der Waals surface area contributed by atoms with Gasteiger partial charge < -0.3 is 15.3 Å². The number of hydrogen-bond acceptors (Lipinski definition) is 3. The van der Waals surface area contributed by atoms with E-state index in [9.17, 15) is 15.0 Å². The second kappa shape index (κ2) is 5.23. The van der Waals surface area contributed by atoms with Gasteiger partial charge in [-0.25, -0.2) is 4.79 Å². The molecule has 0 fully saturated rings. The van der Waals surface area contributed by atoms with Crippen molar-refractivity contribution in [3.8, 4) is 0 Å². The molecule has 1 rings (SSSR count). The first kappa shape index (κ1) is 14.3. The average molecular weight is 279 g/mol. The summed E-state index contributed by atoms with van der Waals surface area (Å²) in [5, 5.41) is 28.9. The summed E-state index contributed by atoms with van der Waals surface area (Å²) in [5.41, 5.74) is -1.98. The van der Waals surface area contributed by atoms with Crippen LogP contribution in [0.15, 0.2) is 18.2 Å². The Morgan fingerprint density at radius 2 is 1.88 bits per heavy atom. The van der Waals surface area contributed by atoms with E-state index in [0.29, 0.717) is 0 Å². The van der Waals surface area contributed by atoms with Gasteiger partial charge in [-0.3, -0.25) is 0 Å². The van der Waals surface area contributed by atoms with Crippen LogP contribution in [0.4, 0.5) is 0 Å². The van der Waals surface area contributed by atoms with Gasteiger partial charge in [0.05, 0.1) is 0 Å². The second-order valence-electron chi connectivity index (χ2n) is 3.62. The standard InChI is InChI=1S/C11H12Cl2O4/c1-2-11(17,9(14)10(15)16)8-6(12)4-3-5-7(8)13/h3-5,9,14,17H,2H2,1H3,(H,15,16). The van der Waals surface area contributed by atoms with Crippen LogP contribution in [0.3, 0.4) is 0 Å². The van der Waals surface area contributed by atoms with Crippen LogP contribution in [0.5, 0.6) is 0 Å². The lowest BCUT2D eigenvalue weighted by molar-refractivity contribution is -0.165. The third-order valence-corrected chi connectivity index (χ3v) is 3.25. The number of aliphatic carboxylic acids is 1. The number of benzene rings is 1. The predicted octanol–water partition coefficient (Wildman–Crippen LogP) is 2.04. The van der Waals surface area contributed by atoms with Gasteiger partial charge in [0.15, 0.2) is 6.10 Å². The van der Waals surface area contributed by atoms with Crippen molar-refractivity contribution in [2.45, 2.75) is 25.0 Å². The van der Waals surface area contributed by atoms with Gasteiger partial charge in [0, 0.05) is 15.6 Å². The highest BCUT2D eigenvalue weighted by Crippen LogP contribution is 2.38. The van der Waals surface area contributed by atoms with E-state index in [4.69, 9.17) is 28.3 Å². The number of carboxylic acid groups (broad SMARTS) is 1. The highest BCUT2D eigenvalue weighted by molar-refractivity contribution is 6.36. The van der Waals surface area contributed by atoms with Crippen molar-refractivity contribution in [1.29, 1.82) is 0 Å². The van der Waals surface area contributed by atoms with Crippen LogP contribution in [0.2, 0.25) is 10.0 Å². The maximum Gasteiger partial charge on any atom is 0.335 e. The highest BCUT2D eigenvalue weighted by atomic mass is 35.5. The molecule has 0 aromatic heterocycles. The number of aliphatic hydroxyl groups is 2. The Morgan fingerprint density at radius 3 is 2.24 bits per heavy atom. The monoisotopic (exact) mass is 278 g/mol. The lowest BCUT2D eigenvalue weighted by Crippen LogP contribution is -2.44. The van der Waals surface area contributed by atoms with E-state index < -0.39 is 17.7 Å². The van der Waals surface area contributed by atoms with Crippen molar-refractivity contribution in [2.75, 3.05) is 0 Å². The minimum absolute atomic E-state index is 0.0285. The quantitative estimate of drug-likeness (QED) is 0.788. The van der Waals surface area contributed by atoms with Crippen LogP contribution in [0.1, 0.15) is 18.9 Å². The van der Waals surface area contributed by atoms with Crippen molar-refractivity contribution < 1.29 is 20.1 Å². The fourth-order valence-corrected chi connectivity index (χ4v) is 2.35. The molecule has 17 heavy (non-hydrogen) atoms. The summed E-state index contributed by atoms with van der Waals surface area (Å²) in [7, 11) is 0. The largest absolute Gasteiger partial charge is 0.479 e. The topological polar surface area (TPSA) is 77.8 Å². The van der Waals surface area contributed by atoms with E-state index >= 15 is 0 Å². The van der Waals surface area contributed by atoms with Crippen LogP contribution < -0.4 is 0 Å². The molecule has 2 atom stereocenters. The Balaban J connectivity index is 3.40. The first-order valence-corrected chi connectivity index (χ1v) is 5.68. The molecule has 0 heterocycles. The summed E-state index contributed by atoms with van der Waals surface area (Å²) >= 11 is 11.8. The van der Waals surface area contributed by atoms with Crippen LogP contribution >= 0.6 is 23.2 Å². The summed E-state index contributed by atoms with van der Waals surface area (Å²) in [4.78, 5) is 10.8. The maximum absolute atomic E-state index is 10.8. The molecular weight excluding hydrogens is 267 g/mol. The Kier molecular flexibility index (Phi) is 4.38. The van der Waals surface area contributed by atoms with Crippen molar-refractivity contribution in [2.24, 2.45) is 0 Å². The van der Waals surface area contributed by atoms with Crippen LogP contribution in [-0.4, -0.2) is 27.4 Å². The highest BCUT2D eigenvalue weighted by Gasteiger charge is 2.43. The Bertz CT molecular complexity index is 415. The molecular formula is C11H12Cl2O4. The van der Waals surface area contributed by atoms with Crippen molar-refractivity contribution in [1.82, 2.24) is 0 Å². The molecule has 0 spiro atoms. The van der Waals surface area contributed by atoms with E-state index in [-0.39, 0.29) is 22.0 Å². The zero-order valence-electron chi connectivity index (χ0n) is 9.02. The molecule has 1 aromatic carbocycles. The number of halogens is 2. The minimum atomic E-state index is -2.01. The smallest absolute Gasteiger partial charge is 0.335 e. The first-order chi connectivity index (χ1) is 7.84. The van der Waals surface area contributed by atoms with Gasteiger partial charge in [-0.15, -0.1) is 0 Å². The first-order valence-electron chi connectivity index (χ1n) is 4.92. The van der Waals surface area contributed by atoms with Gasteiger partial charge >= 0.3 is 5.97 Å². The van der Waals surface area contributed by atoms with E-state index in [2.05, 4.69) is 0 Å². The summed E-state index contributed by atoms with van der Waals surface area (Å²) < 4.78 is 0. The second-order valence-corrected chi connectivity index (χ2v) is 4.43. The minimum Gasteiger partial charge on any atom is -0.479 e. The predicted molar refractivity (Wildman–Crippen MR) is 64.3 cm³/mol. The van der Waals surface area contributed by atoms with Crippen molar-refractivity contribution in [3.63, 3.8) is 0 Å². The van der Waals surface area contributed by atoms with Crippen molar-refractivity contribution in [3.05, 3.63) is 33.8 Å². The third kappa shape index (κ3) is 2.55. The van der Waals surface area contributed by atoms with Gasteiger partial charge in [-0.1, -0.05) is 36.2 Å². The Labute approximate surface area is 108 Å². The SMILES string of the molecule is CCC(O)(c1c(Cl)cccc1Cl)C(O)C(=O)O. The van der Waals surface area contributed by atoms with Gasteiger partial charge in [0.25, 0.3) is 0 Å². The molecule has 0 aliphatic rings. The number of carboxylic acids is 1. The Morgan fingerprint density at radius 1 is 1.41 bits per heavy atom. The Hall–Kier alpha value is -0.810. The van der Waals surface area contributed by atoms with Gasteiger partial charge in [0.1, 0.15) is 5.60 Å².